The van der Waals surface area contributed by atoms with E-state index >= 15 is 0 Å². The minimum absolute atomic E-state index is 0.214. The van der Waals surface area contributed by atoms with E-state index in [0.29, 0.717) is 12.7 Å². The summed E-state index contributed by atoms with van der Waals surface area (Å²) < 4.78 is 42.6. The molecule has 0 spiro atoms. The van der Waals surface area contributed by atoms with Crippen LogP contribution in [0.4, 0.5) is 13.2 Å². The quantitative estimate of drug-likeness (QED) is 0.898. The number of carbonyl (C=O) groups is 1. The van der Waals surface area contributed by atoms with Crippen molar-refractivity contribution in [1.82, 2.24) is 0 Å². The summed E-state index contributed by atoms with van der Waals surface area (Å²) in [6, 6.07) is 6.78. The van der Waals surface area contributed by atoms with Crippen LogP contribution in [-0.2, 0) is 11.2 Å². The normalized spacial score (nSPS) is 14.8. The molecule has 3 nitrogen and oxygen atoms in total. The van der Waals surface area contributed by atoms with E-state index in [1.165, 1.54) is 7.11 Å². The molecule has 0 aromatic heterocycles. The number of halogens is 3. The highest BCUT2D eigenvalue weighted by Gasteiger charge is 2.52. The van der Waals surface area contributed by atoms with E-state index in [4.69, 9.17) is 10.5 Å². The zero-order valence-corrected chi connectivity index (χ0v) is 10.8. The van der Waals surface area contributed by atoms with E-state index in [1.54, 1.807) is 24.3 Å². The lowest BCUT2D eigenvalue weighted by Gasteiger charge is -2.25. The van der Waals surface area contributed by atoms with Crippen LogP contribution in [0.2, 0.25) is 0 Å². The van der Waals surface area contributed by atoms with Gasteiger partial charge < -0.3 is 10.5 Å². The Labute approximate surface area is 109 Å². The number of rotatable bonds is 5. The third kappa shape index (κ3) is 3.70. The van der Waals surface area contributed by atoms with Crippen LogP contribution in [0, 0.1) is 0 Å². The maximum Gasteiger partial charge on any atom is 0.413 e. The molecule has 0 heterocycles. The first-order valence-electron chi connectivity index (χ1n) is 5.70. The first kappa shape index (κ1) is 15.5. The van der Waals surface area contributed by atoms with E-state index in [2.05, 4.69) is 0 Å². The van der Waals surface area contributed by atoms with Crippen molar-refractivity contribution >= 4 is 5.78 Å². The van der Waals surface area contributed by atoms with Crippen LogP contribution in [-0.4, -0.2) is 24.6 Å². The molecule has 1 aromatic carbocycles. The molecule has 2 N–H and O–H groups in total. The van der Waals surface area contributed by atoms with Crippen LogP contribution in [0.5, 0.6) is 5.75 Å². The lowest BCUT2D eigenvalue weighted by atomic mass is 9.92. The third-order valence-electron chi connectivity index (χ3n) is 2.97. The molecule has 1 unspecified atom stereocenters. The molecule has 6 heteroatoms. The molecule has 0 aliphatic rings. The predicted molar refractivity (Wildman–Crippen MR) is 65.0 cm³/mol. The second kappa shape index (κ2) is 5.61. The summed E-state index contributed by atoms with van der Waals surface area (Å²) in [5.41, 5.74) is 3.02. The largest absolute Gasteiger partial charge is 0.497 e. The summed E-state index contributed by atoms with van der Waals surface area (Å²) in [7, 11) is 1.52. The lowest BCUT2D eigenvalue weighted by molar-refractivity contribution is -0.186. The van der Waals surface area contributed by atoms with Gasteiger partial charge in [-0.3, -0.25) is 4.79 Å². The Bertz CT molecular complexity index is 438. The number of carbonyl (C=O) groups excluding carboxylic acids is 1. The molecule has 0 aliphatic heterocycles. The first-order chi connectivity index (χ1) is 8.68. The van der Waals surface area contributed by atoms with Crippen molar-refractivity contribution in [2.75, 3.05) is 7.11 Å². The van der Waals surface area contributed by atoms with Gasteiger partial charge in [0.05, 0.1) is 7.11 Å². The Kier molecular flexibility index (Phi) is 4.57. The Morgan fingerprint density at radius 3 is 2.21 bits per heavy atom. The molecule has 19 heavy (non-hydrogen) atoms. The fourth-order valence-electron chi connectivity index (χ4n) is 1.47. The van der Waals surface area contributed by atoms with Crippen LogP contribution in [0.15, 0.2) is 24.3 Å². The number of ketones is 1. The molecule has 0 saturated heterocycles. The van der Waals surface area contributed by atoms with Gasteiger partial charge in [0.15, 0.2) is 11.3 Å². The van der Waals surface area contributed by atoms with E-state index in [1.807, 2.05) is 0 Å². The van der Waals surface area contributed by atoms with Crippen LogP contribution in [0.25, 0.3) is 0 Å². The molecule has 0 fully saturated rings. The van der Waals surface area contributed by atoms with Crippen molar-refractivity contribution in [3.63, 3.8) is 0 Å². The highest BCUT2D eigenvalue weighted by atomic mass is 19.4. The van der Waals surface area contributed by atoms with Gasteiger partial charge in [0.25, 0.3) is 0 Å². The number of nitrogens with two attached hydrogens (primary N) is 1. The van der Waals surface area contributed by atoms with Crippen LogP contribution < -0.4 is 10.5 Å². The standard InChI is InChI=1S/C13H16F3NO2/c1-12(17,13(14,15)16)11(18)8-5-9-3-6-10(19-2)7-4-9/h3-4,6-7H,5,8,17H2,1-2H3. The summed E-state index contributed by atoms with van der Waals surface area (Å²) in [5, 5.41) is 0. The van der Waals surface area contributed by atoms with Crippen molar-refractivity contribution in [3.05, 3.63) is 29.8 Å². The number of aryl methyl sites for hydroxylation is 1. The second-order valence-corrected chi connectivity index (χ2v) is 4.47. The summed E-state index contributed by atoms with van der Waals surface area (Å²) >= 11 is 0. The summed E-state index contributed by atoms with van der Waals surface area (Å²) in [6.07, 6.45) is -4.77. The maximum absolute atomic E-state index is 12.5. The van der Waals surface area contributed by atoms with E-state index < -0.39 is 17.5 Å². The molecule has 106 valence electrons. The molecule has 0 amide bonds. The number of Topliss-reactive ketones (excluding diaryl/α,β-unsaturated/α-hetero) is 1. The van der Waals surface area contributed by atoms with Crippen molar-refractivity contribution < 1.29 is 22.7 Å². The fraction of sp³-hybridized carbons (Fsp3) is 0.462. The fourth-order valence-corrected chi connectivity index (χ4v) is 1.47. The minimum Gasteiger partial charge on any atom is -0.497 e. The number of alkyl halides is 3. The van der Waals surface area contributed by atoms with Gasteiger partial charge in [-0.25, -0.2) is 0 Å². The Morgan fingerprint density at radius 2 is 1.79 bits per heavy atom. The van der Waals surface area contributed by atoms with Gasteiger partial charge in [-0.1, -0.05) is 12.1 Å². The van der Waals surface area contributed by atoms with Crippen molar-refractivity contribution in [2.24, 2.45) is 5.73 Å². The maximum atomic E-state index is 12.5. The SMILES string of the molecule is COc1ccc(CCC(=O)C(C)(N)C(F)(F)F)cc1. The van der Waals surface area contributed by atoms with Crippen molar-refractivity contribution in [3.8, 4) is 5.75 Å². The zero-order chi connectivity index (χ0) is 14.7. The van der Waals surface area contributed by atoms with Gasteiger partial charge in [-0.15, -0.1) is 0 Å². The molecule has 0 bridgehead atoms. The molecule has 0 radical (unpaired) electrons. The summed E-state index contributed by atoms with van der Waals surface area (Å²) in [5.74, 6) is -0.371. The van der Waals surface area contributed by atoms with E-state index in [0.717, 1.165) is 5.56 Å². The molecule has 1 atom stereocenters. The molecular weight excluding hydrogens is 259 g/mol. The van der Waals surface area contributed by atoms with Crippen molar-refractivity contribution in [2.45, 2.75) is 31.5 Å². The van der Waals surface area contributed by atoms with Gasteiger partial charge in [0.2, 0.25) is 0 Å². The lowest BCUT2D eigenvalue weighted by Crippen LogP contribution is -2.57. The monoisotopic (exact) mass is 275 g/mol. The number of methoxy groups -OCH3 is 1. The predicted octanol–water partition coefficient (Wildman–Crippen LogP) is 2.48. The number of benzene rings is 1. The average Bonchev–Trinajstić information content (AvgIpc) is 2.35. The van der Waals surface area contributed by atoms with Crippen LogP contribution >= 0.6 is 0 Å². The van der Waals surface area contributed by atoms with Crippen LogP contribution in [0.3, 0.4) is 0 Å². The van der Waals surface area contributed by atoms with Gasteiger partial charge in [0.1, 0.15) is 5.75 Å². The number of hydrogen-bond donors (Lipinski definition) is 1. The minimum atomic E-state index is -4.73. The topological polar surface area (TPSA) is 52.3 Å². The second-order valence-electron chi connectivity index (χ2n) is 4.47. The molecule has 0 aliphatic carbocycles. The third-order valence-corrected chi connectivity index (χ3v) is 2.97. The Hall–Kier alpha value is -1.56. The summed E-state index contributed by atoms with van der Waals surface area (Å²) in [6.45, 7) is 0.698. The Morgan fingerprint density at radius 1 is 1.26 bits per heavy atom. The van der Waals surface area contributed by atoms with Gasteiger partial charge in [-0.2, -0.15) is 13.2 Å². The highest BCUT2D eigenvalue weighted by molar-refractivity contribution is 5.88. The van der Waals surface area contributed by atoms with E-state index in [-0.39, 0.29) is 12.8 Å². The average molecular weight is 275 g/mol. The van der Waals surface area contributed by atoms with Gasteiger partial charge >= 0.3 is 6.18 Å². The molecular formula is C13H16F3NO2. The number of hydrogen-bond acceptors (Lipinski definition) is 3. The smallest absolute Gasteiger partial charge is 0.413 e. The summed E-state index contributed by atoms with van der Waals surface area (Å²) in [4.78, 5) is 11.5. The van der Waals surface area contributed by atoms with E-state index in [9.17, 15) is 18.0 Å². The highest BCUT2D eigenvalue weighted by Crippen LogP contribution is 2.29. The molecule has 1 aromatic rings. The molecule has 0 saturated carbocycles. The zero-order valence-electron chi connectivity index (χ0n) is 10.8. The van der Waals surface area contributed by atoms with Gasteiger partial charge in [0, 0.05) is 6.42 Å². The van der Waals surface area contributed by atoms with Gasteiger partial charge in [-0.05, 0) is 31.0 Å². The van der Waals surface area contributed by atoms with Crippen LogP contribution in [0.1, 0.15) is 18.9 Å². The number of ether oxygens (including phenoxy) is 1. The Balaban J connectivity index is 2.63. The molecule has 1 rings (SSSR count). The van der Waals surface area contributed by atoms with Crippen molar-refractivity contribution in [1.29, 1.82) is 0 Å². The first-order valence-corrected chi connectivity index (χ1v) is 5.70.